The zero-order valence-corrected chi connectivity index (χ0v) is 16.4. The van der Waals surface area contributed by atoms with Crippen LogP contribution >= 0.6 is 0 Å². The number of hydrogen-bond donors (Lipinski definition) is 3. The maximum atomic E-state index is 12.4. The second-order valence-electron chi connectivity index (χ2n) is 6.12. The van der Waals surface area contributed by atoms with Gasteiger partial charge in [-0.25, -0.2) is 5.43 Å². The van der Waals surface area contributed by atoms with Gasteiger partial charge in [0.05, 0.1) is 25.1 Å². The fraction of sp³-hybridized carbons (Fsp3) is 0.190. The summed E-state index contributed by atoms with van der Waals surface area (Å²) >= 11 is 0. The van der Waals surface area contributed by atoms with Crippen LogP contribution in [0.1, 0.15) is 29.9 Å². The van der Waals surface area contributed by atoms with Crippen LogP contribution in [0.5, 0.6) is 17.2 Å². The molecule has 3 rings (SSSR count). The van der Waals surface area contributed by atoms with E-state index >= 15 is 0 Å². The van der Waals surface area contributed by atoms with Gasteiger partial charge in [-0.1, -0.05) is 12.1 Å². The Bertz CT molecular complexity index is 1040. The third kappa shape index (κ3) is 4.55. The molecule has 0 unspecified atom stereocenters. The van der Waals surface area contributed by atoms with E-state index in [-0.39, 0.29) is 11.4 Å². The molecule has 0 bridgehead atoms. The van der Waals surface area contributed by atoms with Crippen molar-refractivity contribution in [1.82, 2.24) is 15.6 Å². The van der Waals surface area contributed by atoms with E-state index in [1.807, 2.05) is 31.2 Å². The van der Waals surface area contributed by atoms with E-state index in [1.54, 1.807) is 25.1 Å². The fourth-order valence-electron chi connectivity index (χ4n) is 2.70. The summed E-state index contributed by atoms with van der Waals surface area (Å²) in [5.41, 5.74) is 5.42. The third-order valence-corrected chi connectivity index (χ3v) is 4.21. The van der Waals surface area contributed by atoms with Gasteiger partial charge in [0, 0.05) is 11.1 Å². The summed E-state index contributed by atoms with van der Waals surface area (Å²) < 4.78 is 10.7. The molecule has 150 valence electrons. The Labute approximate surface area is 168 Å². The van der Waals surface area contributed by atoms with Crippen molar-refractivity contribution in [3.05, 3.63) is 59.8 Å². The first-order valence-electron chi connectivity index (χ1n) is 9.03. The number of benzene rings is 2. The Morgan fingerprint density at radius 1 is 1.21 bits per heavy atom. The first kappa shape index (κ1) is 19.9. The summed E-state index contributed by atoms with van der Waals surface area (Å²) in [5, 5.41) is 20.7. The minimum Gasteiger partial charge on any atom is -0.504 e. The Morgan fingerprint density at radius 3 is 2.76 bits per heavy atom. The molecule has 0 radical (unpaired) electrons. The van der Waals surface area contributed by atoms with E-state index in [4.69, 9.17) is 9.47 Å². The number of nitrogens with one attached hydrogen (secondary N) is 2. The number of phenolic OH excluding ortho intramolecular Hbond substituents is 1. The van der Waals surface area contributed by atoms with Crippen molar-refractivity contribution in [2.75, 3.05) is 13.7 Å². The second-order valence-corrected chi connectivity index (χ2v) is 6.12. The molecule has 8 heteroatoms. The lowest BCUT2D eigenvalue weighted by Crippen LogP contribution is -2.19. The summed E-state index contributed by atoms with van der Waals surface area (Å²) in [7, 11) is 1.46. The molecule has 1 aromatic heterocycles. The zero-order chi connectivity index (χ0) is 20.8. The molecule has 0 saturated heterocycles. The van der Waals surface area contributed by atoms with Crippen molar-refractivity contribution in [2.24, 2.45) is 5.10 Å². The smallest absolute Gasteiger partial charge is 0.289 e. The van der Waals surface area contributed by atoms with Crippen LogP contribution in [-0.2, 0) is 0 Å². The normalized spacial score (nSPS) is 11.2. The number of amides is 1. The summed E-state index contributed by atoms with van der Waals surface area (Å²) in [6.07, 6.45) is 0. The lowest BCUT2D eigenvalue weighted by Gasteiger charge is -2.07. The zero-order valence-electron chi connectivity index (χ0n) is 16.4. The molecule has 29 heavy (non-hydrogen) atoms. The quantitative estimate of drug-likeness (QED) is 0.421. The first-order valence-corrected chi connectivity index (χ1v) is 9.03. The third-order valence-electron chi connectivity index (χ3n) is 4.21. The second kappa shape index (κ2) is 8.92. The predicted octanol–water partition coefficient (Wildman–Crippen LogP) is 3.34. The van der Waals surface area contributed by atoms with Gasteiger partial charge < -0.3 is 14.6 Å². The number of carbonyl (C=O) groups excluding carboxylic acids is 1. The van der Waals surface area contributed by atoms with Crippen molar-refractivity contribution in [3.63, 3.8) is 0 Å². The number of rotatable bonds is 7. The monoisotopic (exact) mass is 394 g/mol. The Morgan fingerprint density at radius 2 is 2.00 bits per heavy atom. The maximum absolute atomic E-state index is 12.4. The minimum absolute atomic E-state index is 0.0328. The van der Waals surface area contributed by atoms with E-state index in [1.165, 1.54) is 13.2 Å². The molecular formula is C21H22N4O4. The SMILES string of the molecule is CCOc1ccccc1-c1cc(C(=O)N/N=C(/C)c2ccc(O)c(OC)c2)[nH]n1. The van der Waals surface area contributed by atoms with Gasteiger partial charge in [0.15, 0.2) is 11.5 Å². The molecule has 0 aliphatic heterocycles. The number of carbonyl (C=O) groups is 1. The molecule has 3 aromatic rings. The fourth-order valence-corrected chi connectivity index (χ4v) is 2.70. The number of aromatic amines is 1. The largest absolute Gasteiger partial charge is 0.504 e. The molecule has 0 atom stereocenters. The van der Waals surface area contributed by atoms with Crippen molar-refractivity contribution >= 4 is 11.6 Å². The van der Waals surface area contributed by atoms with Gasteiger partial charge in [-0.05, 0) is 50.2 Å². The number of para-hydroxylation sites is 1. The van der Waals surface area contributed by atoms with Crippen molar-refractivity contribution in [1.29, 1.82) is 0 Å². The average molecular weight is 394 g/mol. The van der Waals surface area contributed by atoms with E-state index in [2.05, 4.69) is 20.7 Å². The molecule has 0 aliphatic rings. The Hall–Kier alpha value is -3.81. The number of phenols is 1. The molecule has 0 aliphatic carbocycles. The molecular weight excluding hydrogens is 372 g/mol. The van der Waals surface area contributed by atoms with Gasteiger partial charge in [-0.2, -0.15) is 10.2 Å². The number of methoxy groups -OCH3 is 1. The van der Waals surface area contributed by atoms with Crippen LogP contribution in [0.4, 0.5) is 0 Å². The minimum atomic E-state index is -0.428. The van der Waals surface area contributed by atoms with E-state index < -0.39 is 5.91 Å². The van der Waals surface area contributed by atoms with E-state index in [9.17, 15) is 9.90 Å². The lowest BCUT2D eigenvalue weighted by atomic mass is 10.1. The van der Waals surface area contributed by atoms with Crippen LogP contribution in [0.15, 0.2) is 53.6 Å². The molecule has 0 fully saturated rings. The summed E-state index contributed by atoms with van der Waals surface area (Å²) in [5.74, 6) is 0.631. The van der Waals surface area contributed by atoms with Crippen molar-refractivity contribution in [2.45, 2.75) is 13.8 Å². The standard InChI is InChI=1S/C21H22N4O4/c1-4-29-19-8-6-5-7-15(19)16-12-17(24-23-16)21(27)25-22-13(2)14-9-10-18(26)20(11-14)28-3/h5-12,26H,4H2,1-3H3,(H,23,24)(H,25,27)/b22-13-. The van der Waals surface area contributed by atoms with Crippen LogP contribution in [0.25, 0.3) is 11.3 Å². The first-order chi connectivity index (χ1) is 14.0. The van der Waals surface area contributed by atoms with Gasteiger partial charge in [0.1, 0.15) is 11.4 Å². The Balaban J connectivity index is 1.75. The topological polar surface area (TPSA) is 109 Å². The van der Waals surface area contributed by atoms with Crippen molar-refractivity contribution < 1.29 is 19.4 Å². The van der Waals surface area contributed by atoms with Gasteiger partial charge in [-0.3, -0.25) is 9.89 Å². The number of hydrazone groups is 1. The number of ether oxygens (including phenoxy) is 2. The molecule has 0 saturated carbocycles. The molecule has 1 heterocycles. The van der Waals surface area contributed by atoms with Crippen LogP contribution in [0.2, 0.25) is 0 Å². The maximum Gasteiger partial charge on any atom is 0.289 e. The van der Waals surface area contributed by atoms with Crippen LogP contribution in [-0.4, -0.2) is 40.6 Å². The summed E-state index contributed by atoms with van der Waals surface area (Å²) in [6, 6.07) is 14.0. The molecule has 3 N–H and O–H groups in total. The number of aromatic nitrogens is 2. The van der Waals surface area contributed by atoms with E-state index in [0.29, 0.717) is 35.1 Å². The van der Waals surface area contributed by atoms with Crippen LogP contribution in [0.3, 0.4) is 0 Å². The van der Waals surface area contributed by atoms with Gasteiger partial charge >= 0.3 is 0 Å². The van der Waals surface area contributed by atoms with Gasteiger partial charge in [0.25, 0.3) is 5.91 Å². The molecule has 1 amide bonds. The highest BCUT2D eigenvalue weighted by atomic mass is 16.5. The Kier molecular flexibility index (Phi) is 6.13. The summed E-state index contributed by atoms with van der Waals surface area (Å²) in [6.45, 7) is 4.18. The van der Waals surface area contributed by atoms with Gasteiger partial charge in [-0.15, -0.1) is 0 Å². The molecule has 0 spiro atoms. The average Bonchev–Trinajstić information content (AvgIpc) is 3.23. The summed E-state index contributed by atoms with van der Waals surface area (Å²) in [4.78, 5) is 12.4. The van der Waals surface area contributed by atoms with Crippen LogP contribution in [0, 0.1) is 0 Å². The highest BCUT2D eigenvalue weighted by Gasteiger charge is 2.14. The molecule has 2 aromatic carbocycles. The van der Waals surface area contributed by atoms with E-state index in [0.717, 1.165) is 5.56 Å². The number of aromatic hydroxyl groups is 1. The van der Waals surface area contributed by atoms with Crippen LogP contribution < -0.4 is 14.9 Å². The predicted molar refractivity (Wildman–Crippen MR) is 110 cm³/mol. The lowest BCUT2D eigenvalue weighted by molar-refractivity contribution is 0.0950. The van der Waals surface area contributed by atoms with Gasteiger partial charge in [0.2, 0.25) is 0 Å². The highest BCUT2D eigenvalue weighted by molar-refractivity contribution is 6.01. The molecule has 8 nitrogen and oxygen atoms in total. The van der Waals surface area contributed by atoms with Crippen molar-refractivity contribution in [3.8, 4) is 28.5 Å². The number of hydrogen-bond acceptors (Lipinski definition) is 6. The number of H-pyrrole nitrogens is 1. The number of nitrogens with zero attached hydrogens (tertiary/aromatic N) is 2. The highest BCUT2D eigenvalue weighted by Crippen LogP contribution is 2.29.